The van der Waals surface area contributed by atoms with Crippen molar-refractivity contribution in [1.29, 1.82) is 0 Å². The van der Waals surface area contributed by atoms with Crippen molar-refractivity contribution >= 4 is 34.9 Å². The molecule has 0 aliphatic carbocycles. The van der Waals surface area contributed by atoms with Gasteiger partial charge in [0.05, 0.1) is 26.2 Å². The maximum Gasteiger partial charge on any atom is 0.270 e. The smallest absolute Gasteiger partial charge is 0.270 e. The number of hydrogen-bond acceptors (Lipinski definition) is 9. The topological polar surface area (TPSA) is 163 Å². The van der Waals surface area contributed by atoms with E-state index >= 15 is 0 Å². The Balaban J connectivity index is 2.05. The zero-order valence-electron chi connectivity index (χ0n) is 21.4. The Labute approximate surface area is 218 Å². The molecule has 0 unspecified atom stereocenters. The first-order valence-corrected chi connectivity index (χ1v) is 12.2. The Morgan fingerprint density at radius 2 is 1.86 bits per heavy atom. The number of rotatable bonds is 10. The number of primary amides is 1. The second-order valence-corrected chi connectivity index (χ2v) is 10.0. The number of benzene rings is 1. The Morgan fingerprint density at radius 1 is 1.16 bits per heavy atom. The van der Waals surface area contributed by atoms with Crippen molar-refractivity contribution in [2.75, 3.05) is 26.5 Å². The van der Waals surface area contributed by atoms with E-state index in [0.29, 0.717) is 17.9 Å². The third-order valence-corrected chi connectivity index (χ3v) is 6.23. The van der Waals surface area contributed by atoms with Gasteiger partial charge in [-0.25, -0.2) is 0 Å². The molecular formula is C25H31N5O6S. The fraction of sp³-hybridized carbons (Fsp3) is 0.360. The molecule has 0 aliphatic rings. The number of nitrogens with one attached hydrogen (secondary N) is 1. The maximum atomic E-state index is 13.9. The zero-order valence-corrected chi connectivity index (χ0v) is 22.2. The molecule has 2 heterocycles. The van der Waals surface area contributed by atoms with Crippen LogP contribution in [0.2, 0.25) is 0 Å². The second kappa shape index (κ2) is 11.3. The largest absolute Gasteiger partial charge is 0.493 e. The van der Waals surface area contributed by atoms with Gasteiger partial charge in [-0.1, -0.05) is 6.07 Å². The summed E-state index contributed by atoms with van der Waals surface area (Å²) in [5.74, 6) is -0.523. The standard InChI is InChI=1S/C25H31N5O6S/c1-25(2,3)28-23(32)20(16-7-6-12-36-16)30(24(33)21-18(26)19(22(27)31)29-37-21)11-10-14-8-9-15(34-4)17(13-14)35-5/h6-9,12-13,20H,10-11,26H2,1-5H3,(H2,27,31)(H,28,32)/t20-/m1/s1. The van der Waals surface area contributed by atoms with Gasteiger partial charge in [-0.15, -0.1) is 0 Å². The van der Waals surface area contributed by atoms with Crippen molar-refractivity contribution in [3.63, 3.8) is 0 Å². The SMILES string of the molecule is COc1ccc(CCN(C(=O)c2snc(C(N)=O)c2N)[C@@H](C(=O)NC(C)(C)C)c2ccco2)cc1OC. The summed E-state index contributed by atoms with van der Waals surface area (Å²) in [5.41, 5.74) is 11.3. The van der Waals surface area contributed by atoms with E-state index in [9.17, 15) is 14.4 Å². The molecule has 5 N–H and O–H groups in total. The van der Waals surface area contributed by atoms with E-state index in [0.717, 1.165) is 17.1 Å². The van der Waals surface area contributed by atoms with Gasteiger partial charge in [-0.3, -0.25) is 14.4 Å². The first kappa shape index (κ1) is 27.5. The van der Waals surface area contributed by atoms with E-state index in [-0.39, 0.29) is 28.6 Å². The number of nitrogens with two attached hydrogens (primary N) is 2. The molecule has 0 spiro atoms. The van der Waals surface area contributed by atoms with Crippen LogP contribution in [0.4, 0.5) is 5.69 Å². The van der Waals surface area contributed by atoms with E-state index in [4.69, 9.17) is 25.4 Å². The fourth-order valence-electron chi connectivity index (χ4n) is 3.70. The van der Waals surface area contributed by atoms with Gasteiger partial charge in [0.15, 0.2) is 23.2 Å². The molecule has 3 rings (SSSR count). The van der Waals surface area contributed by atoms with Crippen LogP contribution in [0.1, 0.15) is 58.3 Å². The first-order chi connectivity index (χ1) is 17.5. The monoisotopic (exact) mass is 529 g/mol. The van der Waals surface area contributed by atoms with E-state index in [2.05, 4.69) is 9.69 Å². The minimum atomic E-state index is -1.12. The number of nitrogens with zero attached hydrogens (tertiary/aromatic N) is 2. The van der Waals surface area contributed by atoms with Crippen molar-refractivity contribution in [1.82, 2.24) is 14.6 Å². The van der Waals surface area contributed by atoms with Crippen molar-refractivity contribution in [3.8, 4) is 11.5 Å². The summed E-state index contributed by atoms with van der Waals surface area (Å²) < 4.78 is 20.2. The van der Waals surface area contributed by atoms with Crippen LogP contribution in [0.25, 0.3) is 0 Å². The van der Waals surface area contributed by atoms with Gasteiger partial charge in [0.2, 0.25) is 0 Å². The van der Waals surface area contributed by atoms with Crippen LogP contribution in [0.15, 0.2) is 41.0 Å². The lowest BCUT2D eigenvalue weighted by atomic mass is 10.0. The minimum Gasteiger partial charge on any atom is -0.493 e. The molecule has 0 bridgehead atoms. The van der Waals surface area contributed by atoms with Gasteiger partial charge in [-0.2, -0.15) is 4.37 Å². The van der Waals surface area contributed by atoms with E-state index in [1.807, 2.05) is 26.8 Å². The average molecular weight is 530 g/mol. The van der Waals surface area contributed by atoms with Gasteiger partial charge >= 0.3 is 0 Å². The van der Waals surface area contributed by atoms with Gasteiger partial charge < -0.3 is 35.6 Å². The van der Waals surface area contributed by atoms with E-state index < -0.39 is 29.3 Å². The molecule has 1 aromatic carbocycles. The van der Waals surface area contributed by atoms with Crippen molar-refractivity contribution in [2.24, 2.45) is 5.73 Å². The Morgan fingerprint density at radius 3 is 2.41 bits per heavy atom. The molecule has 3 amide bonds. The second-order valence-electron chi connectivity index (χ2n) is 9.23. The van der Waals surface area contributed by atoms with Crippen LogP contribution in [-0.2, 0) is 11.2 Å². The Kier molecular flexibility index (Phi) is 8.43. The van der Waals surface area contributed by atoms with Crippen LogP contribution in [0, 0.1) is 0 Å². The number of methoxy groups -OCH3 is 2. The number of anilines is 1. The first-order valence-electron chi connectivity index (χ1n) is 11.4. The van der Waals surface area contributed by atoms with Crippen LogP contribution in [0.3, 0.4) is 0 Å². The predicted molar refractivity (Wildman–Crippen MR) is 139 cm³/mol. The zero-order chi connectivity index (χ0) is 27.3. The van der Waals surface area contributed by atoms with Gasteiger partial charge in [0.25, 0.3) is 17.7 Å². The Bertz CT molecular complexity index is 1270. The normalized spacial score (nSPS) is 12.0. The summed E-state index contributed by atoms with van der Waals surface area (Å²) in [6.45, 7) is 5.60. The van der Waals surface area contributed by atoms with Crippen LogP contribution >= 0.6 is 11.5 Å². The van der Waals surface area contributed by atoms with Gasteiger partial charge in [0.1, 0.15) is 10.6 Å². The highest BCUT2D eigenvalue weighted by molar-refractivity contribution is 7.09. The number of aromatic nitrogens is 1. The highest BCUT2D eigenvalue weighted by atomic mass is 32.1. The number of hydrogen-bond donors (Lipinski definition) is 3. The van der Waals surface area contributed by atoms with E-state index in [1.54, 1.807) is 31.4 Å². The van der Waals surface area contributed by atoms with Gasteiger partial charge in [0, 0.05) is 12.1 Å². The van der Waals surface area contributed by atoms with E-state index in [1.165, 1.54) is 18.3 Å². The minimum absolute atomic E-state index is 0.00114. The summed E-state index contributed by atoms with van der Waals surface area (Å²) in [4.78, 5) is 40.4. The summed E-state index contributed by atoms with van der Waals surface area (Å²) in [6, 6.07) is 7.53. The fourth-order valence-corrected chi connectivity index (χ4v) is 4.46. The molecular weight excluding hydrogens is 498 g/mol. The lowest BCUT2D eigenvalue weighted by Crippen LogP contribution is -2.49. The number of ether oxygens (including phenoxy) is 2. The van der Waals surface area contributed by atoms with Crippen molar-refractivity contribution < 1.29 is 28.3 Å². The summed E-state index contributed by atoms with van der Waals surface area (Å²) >= 11 is 0.747. The molecule has 0 saturated heterocycles. The highest BCUT2D eigenvalue weighted by Crippen LogP contribution is 2.31. The molecule has 198 valence electrons. The third kappa shape index (κ3) is 6.39. The number of carbonyl (C=O) groups excluding carboxylic acids is 3. The molecule has 12 heteroatoms. The number of nitrogen functional groups attached to an aromatic ring is 1. The molecule has 37 heavy (non-hydrogen) atoms. The summed E-state index contributed by atoms with van der Waals surface area (Å²) in [6.07, 6.45) is 1.78. The van der Waals surface area contributed by atoms with Crippen LogP contribution in [-0.4, -0.2) is 53.3 Å². The van der Waals surface area contributed by atoms with Gasteiger partial charge in [-0.05, 0) is 68.6 Å². The molecule has 3 aromatic rings. The highest BCUT2D eigenvalue weighted by Gasteiger charge is 2.37. The van der Waals surface area contributed by atoms with Crippen molar-refractivity contribution in [3.05, 3.63) is 58.5 Å². The number of furan rings is 1. The molecule has 0 radical (unpaired) electrons. The number of carbonyl (C=O) groups is 3. The lowest BCUT2D eigenvalue weighted by Gasteiger charge is -2.32. The third-order valence-electron chi connectivity index (χ3n) is 5.38. The molecule has 0 aliphatic heterocycles. The average Bonchev–Trinajstić information content (AvgIpc) is 3.49. The molecule has 0 saturated carbocycles. The van der Waals surface area contributed by atoms with Crippen LogP contribution in [0.5, 0.6) is 11.5 Å². The predicted octanol–water partition coefficient (Wildman–Crippen LogP) is 2.78. The molecule has 0 fully saturated rings. The lowest BCUT2D eigenvalue weighted by molar-refractivity contribution is -0.128. The summed E-state index contributed by atoms with van der Waals surface area (Å²) in [5, 5.41) is 2.92. The molecule has 11 nitrogen and oxygen atoms in total. The van der Waals surface area contributed by atoms with Crippen LogP contribution < -0.4 is 26.3 Å². The molecule has 1 atom stereocenters. The van der Waals surface area contributed by atoms with Crippen molar-refractivity contribution in [2.45, 2.75) is 38.8 Å². The number of amides is 3. The molecule has 2 aromatic heterocycles. The maximum absolute atomic E-state index is 13.9. The summed E-state index contributed by atoms with van der Waals surface area (Å²) in [7, 11) is 3.07. The quantitative estimate of drug-likeness (QED) is 0.361. The Hall–Kier alpha value is -4.06.